The number of hydrogen-bond acceptors (Lipinski definition) is 3. The Morgan fingerprint density at radius 1 is 1.50 bits per heavy atom. The standard InChI is InChI=1S/C10H10N4OS/c1-14-7-5-3-2-4-6(7)8(15)9(14)12-13-10(11)16/h2-5H,1H3,(H3,11,13,16). The molecule has 0 aromatic heterocycles. The van der Waals surface area contributed by atoms with Crippen molar-refractivity contribution in [1.29, 1.82) is 0 Å². The number of rotatable bonds is 1. The van der Waals surface area contributed by atoms with Gasteiger partial charge in [-0.1, -0.05) is 12.1 Å². The molecule has 0 saturated carbocycles. The Labute approximate surface area is 97.9 Å². The van der Waals surface area contributed by atoms with Crippen LogP contribution < -0.4 is 16.1 Å². The quantitative estimate of drug-likeness (QED) is 0.546. The first-order chi connectivity index (χ1) is 7.61. The SMILES string of the molecule is CN1C(=NNC(N)=S)C(=O)c2ccccc21. The van der Waals surface area contributed by atoms with Crippen LogP contribution in [-0.4, -0.2) is 23.8 Å². The molecule has 0 spiro atoms. The number of nitrogens with two attached hydrogens (primary N) is 1. The summed E-state index contributed by atoms with van der Waals surface area (Å²) in [4.78, 5) is 13.6. The van der Waals surface area contributed by atoms with Gasteiger partial charge in [-0.25, -0.2) is 0 Å². The molecule has 0 aliphatic carbocycles. The van der Waals surface area contributed by atoms with Gasteiger partial charge >= 0.3 is 0 Å². The molecule has 0 bridgehead atoms. The molecule has 82 valence electrons. The number of fused-ring (bicyclic) bond motifs is 1. The maximum atomic E-state index is 11.9. The van der Waals surface area contributed by atoms with Crippen LogP contribution in [0.4, 0.5) is 5.69 Å². The predicted octanol–water partition coefficient (Wildman–Crippen LogP) is 0.466. The molecule has 0 radical (unpaired) electrons. The van der Waals surface area contributed by atoms with E-state index in [0.29, 0.717) is 5.56 Å². The second-order valence-corrected chi connectivity index (χ2v) is 3.76. The average Bonchev–Trinajstić information content (AvgIpc) is 2.50. The normalized spacial score (nSPS) is 16.4. The molecule has 0 fully saturated rings. The molecule has 1 heterocycles. The summed E-state index contributed by atoms with van der Waals surface area (Å²) < 4.78 is 0. The van der Waals surface area contributed by atoms with Gasteiger partial charge in [-0.2, -0.15) is 5.10 Å². The van der Waals surface area contributed by atoms with E-state index in [1.807, 2.05) is 18.2 Å². The summed E-state index contributed by atoms with van der Waals surface area (Å²) >= 11 is 4.62. The molecular formula is C10H10N4OS. The fourth-order valence-corrected chi connectivity index (χ4v) is 1.62. The van der Waals surface area contributed by atoms with Crippen molar-refractivity contribution in [2.75, 3.05) is 11.9 Å². The molecule has 1 aromatic rings. The van der Waals surface area contributed by atoms with Crippen molar-refractivity contribution < 1.29 is 4.79 Å². The smallest absolute Gasteiger partial charge is 0.232 e. The zero-order chi connectivity index (χ0) is 11.7. The number of nitrogens with zero attached hydrogens (tertiary/aromatic N) is 2. The van der Waals surface area contributed by atoms with Gasteiger partial charge in [0.15, 0.2) is 5.11 Å². The van der Waals surface area contributed by atoms with Crippen LogP contribution in [0.25, 0.3) is 0 Å². The van der Waals surface area contributed by atoms with Crippen molar-refractivity contribution in [3.8, 4) is 0 Å². The van der Waals surface area contributed by atoms with Gasteiger partial charge in [0.05, 0.1) is 5.69 Å². The molecule has 1 aliphatic rings. The lowest BCUT2D eigenvalue weighted by Gasteiger charge is -2.11. The van der Waals surface area contributed by atoms with Crippen molar-refractivity contribution >= 4 is 34.6 Å². The molecule has 5 nitrogen and oxygen atoms in total. The maximum Gasteiger partial charge on any atom is 0.232 e. The number of Topliss-reactive ketones (excluding diaryl/α,β-unsaturated/α-hetero) is 1. The van der Waals surface area contributed by atoms with E-state index in [1.54, 1.807) is 18.0 Å². The van der Waals surface area contributed by atoms with Crippen molar-refractivity contribution in [1.82, 2.24) is 5.43 Å². The molecule has 6 heteroatoms. The summed E-state index contributed by atoms with van der Waals surface area (Å²) in [7, 11) is 1.77. The van der Waals surface area contributed by atoms with Crippen LogP contribution in [0.5, 0.6) is 0 Å². The number of hydrazone groups is 1. The van der Waals surface area contributed by atoms with E-state index < -0.39 is 0 Å². The summed E-state index contributed by atoms with van der Waals surface area (Å²) in [6.07, 6.45) is 0. The van der Waals surface area contributed by atoms with E-state index in [1.165, 1.54) is 0 Å². The number of hydrogen-bond donors (Lipinski definition) is 2. The van der Waals surface area contributed by atoms with Gasteiger partial charge in [-0.05, 0) is 24.4 Å². The minimum Gasteiger partial charge on any atom is -0.375 e. The Morgan fingerprint density at radius 3 is 2.81 bits per heavy atom. The zero-order valence-corrected chi connectivity index (χ0v) is 9.41. The van der Waals surface area contributed by atoms with Crippen LogP contribution in [0.2, 0.25) is 0 Å². The van der Waals surface area contributed by atoms with E-state index in [0.717, 1.165) is 5.69 Å². The molecular weight excluding hydrogens is 224 g/mol. The number of nitrogens with one attached hydrogen (secondary N) is 1. The van der Waals surface area contributed by atoms with Crippen LogP contribution in [0.3, 0.4) is 0 Å². The highest BCUT2D eigenvalue weighted by Gasteiger charge is 2.30. The van der Waals surface area contributed by atoms with Crippen LogP contribution in [0, 0.1) is 0 Å². The summed E-state index contributed by atoms with van der Waals surface area (Å²) in [5, 5.41) is 3.91. The Balaban J connectivity index is 2.38. The number of carbonyl (C=O) groups is 1. The van der Waals surface area contributed by atoms with Crippen molar-refractivity contribution in [3.05, 3.63) is 29.8 Å². The Kier molecular flexibility index (Phi) is 2.57. The molecule has 1 aliphatic heterocycles. The minimum absolute atomic E-state index is 0.0321. The van der Waals surface area contributed by atoms with Crippen LogP contribution in [-0.2, 0) is 0 Å². The molecule has 1 aromatic carbocycles. The Bertz CT molecular complexity index is 497. The van der Waals surface area contributed by atoms with Crippen molar-refractivity contribution in [3.63, 3.8) is 0 Å². The first kappa shape index (κ1) is 10.6. The minimum atomic E-state index is -0.137. The highest BCUT2D eigenvalue weighted by molar-refractivity contribution is 7.80. The second-order valence-electron chi connectivity index (χ2n) is 3.32. The molecule has 0 unspecified atom stereocenters. The molecule has 0 amide bonds. The highest BCUT2D eigenvalue weighted by atomic mass is 32.1. The first-order valence-corrected chi connectivity index (χ1v) is 5.02. The number of thiocarbonyl (C=S) groups is 1. The van der Waals surface area contributed by atoms with Crippen LogP contribution in [0.15, 0.2) is 29.4 Å². The largest absolute Gasteiger partial charge is 0.375 e. The fraction of sp³-hybridized carbons (Fsp3) is 0.100. The first-order valence-electron chi connectivity index (χ1n) is 4.62. The lowest BCUT2D eigenvalue weighted by atomic mass is 10.1. The maximum absolute atomic E-state index is 11.9. The van der Waals surface area contributed by atoms with Crippen LogP contribution >= 0.6 is 12.2 Å². The monoisotopic (exact) mass is 234 g/mol. The van der Waals surface area contributed by atoms with E-state index in [9.17, 15) is 4.79 Å². The third-order valence-corrected chi connectivity index (χ3v) is 2.39. The van der Waals surface area contributed by atoms with E-state index in [2.05, 4.69) is 22.7 Å². The number of carbonyl (C=O) groups excluding carboxylic acids is 1. The zero-order valence-electron chi connectivity index (χ0n) is 8.60. The average molecular weight is 234 g/mol. The van der Waals surface area contributed by atoms with Gasteiger partial charge in [0, 0.05) is 12.6 Å². The van der Waals surface area contributed by atoms with Gasteiger partial charge in [0.25, 0.3) is 0 Å². The lowest BCUT2D eigenvalue weighted by Crippen LogP contribution is -2.32. The topological polar surface area (TPSA) is 70.7 Å². The van der Waals surface area contributed by atoms with E-state index >= 15 is 0 Å². The summed E-state index contributed by atoms with van der Waals surface area (Å²) in [5.41, 5.74) is 9.13. The highest BCUT2D eigenvalue weighted by Crippen LogP contribution is 2.27. The van der Waals surface area contributed by atoms with Gasteiger partial charge in [0.1, 0.15) is 0 Å². The summed E-state index contributed by atoms with van der Waals surface area (Å²) in [5.74, 6) is 0.149. The molecule has 0 saturated heterocycles. The van der Waals surface area contributed by atoms with Gasteiger partial charge < -0.3 is 10.6 Å². The molecule has 3 N–H and O–H groups in total. The van der Waals surface area contributed by atoms with Crippen molar-refractivity contribution in [2.24, 2.45) is 10.8 Å². The lowest BCUT2D eigenvalue weighted by molar-refractivity contribution is 0.106. The second kappa shape index (κ2) is 3.90. The molecule has 16 heavy (non-hydrogen) atoms. The van der Waals surface area contributed by atoms with Crippen molar-refractivity contribution in [2.45, 2.75) is 0 Å². The number of benzene rings is 1. The third-order valence-electron chi connectivity index (χ3n) is 2.30. The van der Waals surface area contributed by atoms with Gasteiger partial charge in [0.2, 0.25) is 11.6 Å². The number of anilines is 1. The van der Waals surface area contributed by atoms with Gasteiger partial charge in [-0.3, -0.25) is 10.2 Å². The number of ketones is 1. The summed E-state index contributed by atoms with van der Waals surface area (Å²) in [6.45, 7) is 0. The molecule has 0 atom stereocenters. The number of para-hydroxylation sites is 1. The van der Waals surface area contributed by atoms with E-state index in [4.69, 9.17) is 5.73 Å². The van der Waals surface area contributed by atoms with Crippen LogP contribution in [0.1, 0.15) is 10.4 Å². The van der Waals surface area contributed by atoms with Gasteiger partial charge in [-0.15, -0.1) is 0 Å². The molecule has 2 rings (SSSR count). The Hall–Kier alpha value is -1.95. The Morgan fingerprint density at radius 2 is 2.19 bits per heavy atom. The third kappa shape index (κ3) is 1.63. The number of likely N-dealkylation sites (N-methyl/N-ethyl adjacent to an activating group) is 1. The summed E-state index contributed by atoms with van der Waals surface area (Å²) in [6, 6.07) is 7.30. The predicted molar refractivity (Wildman–Crippen MR) is 66.5 cm³/mol. The number of amidine groups is 1. The fourth-order valence-electron chi connectivity index (χ4n) is 1.58. The van der Waals surface area contributed by atoms with E-state index in [-0.39, 0.29) is 16.7 Å².